The smallest absolute Gasteiger partial charge is 0.210 e. The maximum atomic E-state index is 12.6. The topological polar surface area (TPSA) is 0 Å². The third kappa shape index (κ3) is 1.91. The molecular weight excluding hydrogens is 146 g/mol. The summed E-state index contributed by atoms with van der Waals surface area (Å²) in [5.74, 6) is 0. The third-order valence-corrected chi connectivity index (χ3v) is 2.93. The Balaban J connectivity index is 4.61. The molecule has 0 radical (unpaired) electrons. The molecular formula is C9H18F2. The summed E-state index contributed by atoms with van der Waals surface area (Å²) in [6.07, 6.45) is -1.71. The van der Waals surface area contributed by atoms with Crippen molar-refractivity contribution in [3.05, 3.63) is 0 Å². The molecule has 0 nitrogen and oxygen atoms in total. The Bertz CT molecular complexity index is 124. The van der Waals surface area contributed by atoms with Crippen LogP contribution in [-0.4, -0.2) is 6.43 Å². The molecule has 2 heteroatoms. The molecule has 0 rings (SSSR count). The second kappa shape index (κ2) is 3.08. The first-order chi connectivity index (χ1) is 4.75. The molecule has 11 heavy (non-hydrogen) atoms. The van der Waals surface area contributed by atoms with Gasteiger partial charge in [-0.05, 0) is 11.8 Å². The SMILES string of the molecule is CCC(C)(C(F)F)C(C)(C)C. The van der Waals surface area contributed by atoms with Gasteiger partial charge in [0, 0.05) is 5.41 Å². The summed E-state index contributed by atoms with van der Waals surface area (Å²) in [5, 5.41) is 0. The molecule has 0 aliphatic rings. The fourth-order valence-electron chi connectivity index (χ4n) is 1.01. The van der Waals surface area contributed by atoms with Crippen LogP contribution >= 0.6 is 0 Å². The van der Waals surface area contributed by atoms with E-state index < -0.39 is 11.8 Å². The van der Waals surface area contributed by atoms with E-state index in [1.165, 1.54) is 0 Å². The largest absolute Gasteiger partial charge is 0.244 e. The summed E-state index contributed by atoms with van der Waals surface area (Å²) in [5.41, 5.74) is -1.18. The molecule has 0 aliphatic carbocycles. The second-order valence-electron chi connectivity index (χ2n) is 4.32. The second-order valence-corrected chi connectivity index (χ2v) is 4.32. The van der Waals surface area contributed by atoms with Crippen LogP contribution in [0.1, 0.15) is 41.0 Å². The van der Waals surface area contributed by atoms with E-state index in [4.69, 9.17) is 0 Å². The van der Waals surface area contributed by atoms with E-state index in [2.05, 4.69) is 0 Å². The van der Waals surface area contributed by atoms with Crippen molar-refractivity contribution in [3.63, 3.8) is 0 Å². The van der Waals surface area contributed by atoms with E-state index in [0.29, 0.717) is 6.42 Å². The predicted molar refractivity (Wildman–Crippen MR) is 43.9 cm³/mol. The highest BCUT2D eigenvalue weighted by Gasteiger charge is 2.43. The van der Waals surface area contributed by atoms with Gasteiger partial charge in [-0.1, -0.05) is 34.6 Å². The first-order valence-corrected chi connectivity index (χ1v) is 4.04. The van der Waals surface area contributed by atoms with Crippen LogP contribution in [0, 0.1) is 10.8 Å². The van der Waals surface area contributed by atoms with Crippen LogP contribution in [-0.2, 0) is 0 Å². The van der Waals surface area contributed by atoms with Gasteiger partial charge in [-0.2, -0.15) is 0 Å². The average molecular weight is 164 g/mol. The minimum absolute atomic E-state index is 0.323. The fraction of sp³-hybridized carbons (Fsp3) is 1.00. The molecule has 0 saturated carbocycles. The van der Waals surface area contributed by atoms with Crippen LogP contribution < -0.4 is 0 Å². The van der Waals surface area contributed by atoms with E-state index in [1.54, 1.807) is 6.92 Å². The molecule has 0 heterocycles. The Morgan fingerprint density at radius 2 is 1.45 bits per heavy atom. The zero-order valence-electron chi connectivity index (χ0n) is 8.04. The highest BCUT2D eigenvalue weighted by Crippen LogP contribution is 2.45. The highest BCUT2D eigenvalue weighted by atomic mass is 19.3. The van der Waals surface area contributed by atoms with Crippen LogP contribution in [0.15, 0.2) is 0 Å². The highest BCUT2D eigenvalue weighted by molar-refractivity contribution is 4.87. The predicted octanol–water partition coefficient (Wildman–Crippen LogP) is 3.71. The summed E-state index contributed by atoms with van der Waals surface area (Å²) in [6, 6.07) is 0. The Kier molecular flexibility index (Phi) is 3.04. The van der Waals surface area contributed by atoms with Crippen molar-refractivity contribution in [1.29, 1.82) is 0 Å². The quantitative estimate of drug-likeness (QED) is 0.583. The molecule has 1 unspecified atom stereocenters. The summed E-state index contributed by atoms with van der Waals surface area (Å²) in [4.78, 5) is 0. The molecule has 0 fully saturated rings. The molecule has 0 amide bonds. The van der Waals surface area contributed by atoms with Crippen molar-refractivity contribution >= 4 is 0 Å². The molecule has 0 saturated heterocycles. The molecule has 0 aliphatic heterocycles. The molecule has 0 N–H and O–H groups in total. The lowest BCUT2D eigenvalue weighted by Crippen LogP contribution is -2.38. The Labute approximate surface area is 68.0 Å². The zero-order valence-corrected chi connectivity index (χ0v) is 8.04. The summed E-state index contributed by atoms with van der Waals surface area (Å²) >= 11 is 0. The van der Waals surface area contributed by atoms with Crippen LogP contribution in [0.3, 0.4) is 0 Å². The number of alkyl halides is 2. The molecule has 0 aromatic heterocycles. The van der Waals surface area contributed by atoms with Gasteiger partial charge in [-0.25, -0.2) is 8.78 Å². The van der Waals surface area contributed by atoms with Crippen molar-refractivity contribution < 1.29 is 8.78 Å². The Morgan fingerprint density at radius 1 is 1.09 bits per heavy atom. The van der Waals surface area contributed by atoms with Crippen LogP contribution in [0.5, 0.6) is 0 Å². The molecule has 1 atom stereocenters. The first-order valence-electron chi connectivity index (χ1n) is 4.04. The van der Waals surface area contributed by atoms with Gasteiger partial charge in [-0.3, -0.25) is 0 Å². The standard InChI is InChI=1S/C9H18F2/c1-6-9(5,7(10)11)8(2,3)4/h7H,6H2,1-5H3. The van der Waals surface area contributed by atoms with Gasteiger partial charge in [-0.15, -0.1) is 0 Å². The van der Waals surface area contributed by atoms with Crippen molar-refractivity contribution in [3.8, 4) is 0 Å². The normalized spacial score (nSPS) is 18.5. The summed E-state index contributed by atoms with van der Waals surface area (Å²) < 4.78 is 25.2. The summed E-state index contributed by atoms with van der Waals surface area (Å²) in [6.45, 7) is 9.06. The van der Waals surface area contributed by atoms with Crippen molar-refractivity contribution in [1.82, 2.24) is 0 Å². The van der Waals surface area contributed by atoms with Crippen molar-refractivity contribution in [2.75, 3.05) is 0 Å². The Morgan fingerprint density at radius 3 is 1.45 bits per heavy atom. The number of hydrogen-bond donors (Lipinski definition) is 0. The van der Waals surface area contributed by atoms with E-state index in [0.717, 1.165) is 0 Å². The van der Waals surface area contributed by atoms with Gasteiger partial charge < -0.3 is 0 Å². The van der Waals surface area contributed by atoms with E-state index in [-0.39, 0.29) is 5.41 Å². The lowest BCUT2D eigenvalue weighted by molar-refractivity contribution is -0.0680. The number of halogens is 2. The number of hydrogen-bond acceptors (Lipinski definition) is 0. The van der Waals surface area contributed by atoms with Crippen molar-refractivity contribution in [2.24, 2.45) is 10.8 Å². The minimum atomic E-state index is -2.23. The van der Waals surface area contributed by atoms with Gasteiger partial charge in [0.25, 0.3) is 0 Å². The average Bonchev–Trinajstić information content (AvgIpc) is 1.83. The van der Waals surface area contributed by atoms with Crippen LogP contribution in [0.4, 0.5) is 8.78 Å². The van der Waals surface area contributed by atoms with E-state index >= 15 is 0 Å². The maximum absolute atomic E-state index is 12.6. The molecule has 68 valence electrons. The lowest BCUT2D eigenvalue weighted by atomic mass is 9.66. The lowest BCUT2D eigenvalue weighted by Gasteiger charge is -2.40. The molecule has 0 aromatic rings. The molecule has 0 aromatic carbocycles. The third-order valence-electron chi connectivity index (χ3n) is 2.93. The maximum Gasteiger partial charge on any atom is 0.244 e. The van der Waals surface area contributed by atoms with Crippen molar-refractivity contribution in [2.45, 2.75) is 47.5 Å². The Hall–Kier alpha value is -0.140. The van der Waals surface area contributed by atoms with Crippen LogP contribution in [0.2, 0.25) is 0 Å². The van der Waals surface area contributed by atoms with Gasteiger partial charge >= 0.3 is 0 Å². The molecule has 0 spiro atoms. The van der Waals surface area contributed by atoms with Gasteiger partial charge in [0.2, 0.25) is 6.43 Å². The zero-order chi connectivity index (χ0) is 9.28. The monoisotopic (exact) mass is 164 g/mol. The van der Waals surface area contributed by atoms with Crippen LogP contribution in [0.25, 0.3) is 0 Å². The van der Waals surface area contributed by atoms with E-state index in [9.17, 15) is 8.78 Å². The summed E-state index contributed by atoms with van der Waals surface area (Å²) in [7, 11) is 0. The minimum Gasteiger partial charge on any atom is -0.210 e. The van der Waals surface area contributed by atoms with Gasteiger partial charge in [0.05, 0.1) is 0 Å². The van der Waals surface area contributed by atoms with E-state index in [1.807, 2.05) is 27.7 Å². The van der Waals surface area contributed by atoms with Gasteiger partial charge in [0.15, 0.2) is 0 Å². The first kappa shape index (κ1) is 10.9. The molecule has 0 bridgehead atoms. The fourth-order valence-corrected chi connectivity index (χ4v) is 1.01. The number of rotatable bonds is 2. The van der Waals surface area contributed by atoms with Gasteiger partial charge in [0.1, 0.15) is 0 Å².